The van der Waals surface area contributed by atoms with Crippen molar-refractivity contribution in [2.45, 2.75) is 32.4 Å². The molecule has 0 aliphatic rings. The largest absolute Gasteiger partial charge is 0.387 e. The number of carbonyl (C=O) groups excluding carboxylic acids is 1. The van der Waals surface area contributed by atoms with Crippen molar-refractivity contribution in [2.75, 3.05) is 13.1 Å². The molecule has 0 aromatic heterocycles. The topological polar surface area (TPSA) is 61.4 Å². The molecule has 0 spiro atoms. The van der Waals surface area contributed by atoms with Crippen LogP contribution in [0.15, 0.2) is 18.2 Å². The van der Waals surface area contributed by atoms with Gasteiger partial charge in [-0.25, -0.2) is 8.78 Å². The quantitative estimate of drug-likeness (QED) is 0.666. The molecule has 1 rings (SSSR count). The Morgan fingerprint density at radius 1 is 1.35 bits per heavy atom. The van der Waals surface area contributed by atoms with Crippen LogP contribution in [0.25, 0.3) is 0 Å². The van der Waals surface area contributed by atoms with Crippen LogP contribution < -0.4 is 10.6 Å². The molecule has 0 radical (unpaired) electrons. The molecule has 0 saturated carbocycles. The Morgan fingerprint density at radius 3 is 2.65 bits per heavy atom. The number of amides is 1. The molecule has 3 N–H and O–H groups in total. The molecule has 6 heteroatoms. The molecule has 20 heavy (non-hydrogen) atoms. The van der Waals surface area contributed by atoms with Gasteiger partial charge in [-0.2, -0.15) is 0 Å². The Bertz CT molecular complexity index is 455. The predicted octanol–water partition coefficient (Wildman–Crippen LogP) is 1.50. The molecule has 2 atom stereocenters. The van der Waals surface area contributed by atoms with Gasteiger partial charge in [0.15, 0.2) is 0 Å². The molecule has 4 nitrogen and oxygen atoms in total. The summed E-state index contributed by atoms with van der Waals surface area (Å²) in [6.45, 7) is 4.08. The maximum absolute atomic E-state index is 13.6. The molecule has 2 unspecified atom stereocenters. The minimum absolute atomic E-state index is 0.0659. The first-order valence-corrected chi connectivity index (χ1v) is 6.56. The molecule has 1 aromatic carbocycles. The van der Waals surface area contributed by atoms with Crippen molar-refractivity contribution in [3.8, 4) is 0 Å². The Kier molecular flexibility index (Phi) is 6.54. The lowest BCUT2D eigenvalue weighted by molar-refractivity contribution is -0.118. The molecule has 0 fully saturated rings. The Morgan fingerprint density at radius 2 is 2.05 bits per heavy atom. The number of hydrogen-bond acceptors (Lipinski definition) is 3. The first-order chi connectivity index (χ1) is 9.45. The zero-order valence-corrected chi connectivity index (χ0v) is 11.6. The lowest BCUT2D eigenvalue weighted by Crippen LogP contribution is -2.39. The van der Waals surface area contributed by atoms with Gasteiger partial charge in [0.2, 0.25) is 5.91 Å². The summed E-state index contributed by atoms with van der Waals surface area (Å²) in [7, 11) is 0. The second-order valence-electron chi connectivity index (χ2n) is 4.56. The van der Waals surface area contributed by atoms with Crippen molar-refractivity contribution >= 4 is 5.91 Å². The zero-order chi connectivity index (χ0) is 15.1. The van der Waals surface area contributed by atoms with Crippen molar-refractivity contribution in [1.82, 2.24) is 10.6 Å². The molecule has 0 aliphatic heterocycles. The lowest BCUT2D eigenvalue weighted by atomic mass is 9.99. The molecule has 0 aliphatic carbocycles. The third-order valence-electron chi connectivity index (χ3n) is 3.00. The maximum atomic E-state index is 13.6. The van der Waals surface area contributed by atoms with Gasteiger partial charge in [-0.05, 0) is 24.6 Å². The first kappa shape index (κ1) is 16.5. The number of carbonyl (C=O) groups is 1. The van der Waals surface area contributed by atoms with E-state index in [9.17, 15) is 18.7 Å². The van der Waals surface area contributed by atoms with Gasteiger partial charge in [0.25, 0.3) is 0 Å². The molecule has 0 saturated heterocycles. The van der Waals surface area contributed by atoms with Crippen LogP contribution in [-0.4, -0.2) is 30.1 Å². The molecule has 112 valence electrons. The van der Waals surface area contributed by atoms with Gasteiger partial charge < -0.3 is 15.7 Å². The maximum Gasteiger partial charge on any atom is 0.216 e. The SMILES string of the molecule is CCC(NCCNC(C)=O)C(O)c1cc(F)ccc1F. The summed E-state index contributed by atoms with van der Waals surface area (Å²) in [4.78, 5) is 10.7. The van der Waals surface area contributed by atoms with Gasteiger partial charge in [0.05, 0.1) is 6.10 Å². The van der Waals surface area contributed by atoms with E-state index < -0.39 is 23.8 Å². The van der Waals surface area contributed by atoms with E-state index in [1.807, 2.05) is 6.92 Å². The number of nitrogens with one attached hydrogen (secondary N) is 2. The minimum Gasteiger partial charge on any atom is -0.387 e. The van der Waals surface area contributed by atoms with Gasteiger partial charge >= 0.3 is 0 Å². The summed E-state index contributed by atoms with van der Waals surface area (Å²) in [5.41, 5.74) is -0.0659. The van der Waals surface area contributed by atoms with Crippen LogP contribution in [0.2, 0.25) is 0 Å². The summed E-state index contributed by atoms with van der Waals surface area (Å²) in [5, 5.41) is 15.8. The molecule has 1 amide bonds. The number of benzene rings is 1. The third-order valence-corrected chi connectivity index (χ3v) is 3.00. The highest BCUT2D eigenvalue weighted by Gasteiger charge is 2.22. The van der Waals surface area contributed by atoms with Gasteiger partial charge in [-0.1, -0.05) is 6.92 Å². The van der Waals surface area contributed by atoms with E-state index in [2.05, 4.69) is 10.6 Å². The smallest absolute Gasteiger partial charge is 0.216 e. The highest BCUT2D eigenvalue weighted by atomic mass is 19.1. The van der Waals surface area contributed by atoms with Gasteiger partial charge in [-0.3, -0.25) is 4.79 Å². The molecular formula is C14H20F2N2O2. The van der Waals surface area contributed by atoms with Gasteiger partial charge in [0, 0.05) is 31.6 Å². The normalized spacial score (nSPS) is 13.8. The average Bonchev–Trinajstić information content (AvgIpc) is 2.40. The fourth-order valence-corrected chi connectivity index (χ4v) is 1.93. The summed E-state index contributed by atoms with van der Waals surface area (Å²) in [6.07, 6.45) is -0.606. The van der Waals surface area contributed by atoms with Crippen LogP contribution in [0.5, 0.6) is 0 Å². The van der Waals surface area contributed by atoms with E-state index in [4.69, 9.17) is 0 Å². The third kappa shape index (κ3) is 4.86. The van der Waals surface area contributed by atoms with Crippen LogP contribution in [0, 0.1) is 11.6 Å². The predicted molar refractivity (Wildman–Crippen MR) is 72.1 cm³/mol. The Hall–Kier alpha value is -1.53. The number of aliphatic hydroxyl groups is 1. The highest BCUT2D eigenvalue weighted by Crippen LogP contribution is 2.22. The summed E-state index contributed by atoms with van der Waals surface area (Å²) in [5.74, 6) is -1.37. The van der Waals surface area contributed by atoms with Crippen molar-refractivity contribution in [2.24, 2.45) is 0 Å². The average molecular weight is 286 g/mol. The van der Waals surface area contributed by atoms with E-state index in [1.54, 1.807) is 0 Å². The van der Waals surface area contributed by atoms with Crippen molar-refractivity contribution in [3.63, 3.8) is 0 Å². The number of rotatable bonds is 7. The van der Waals surface area contributed by atoms with E-state index in [0.29, 0.717) is 19.5 Å². The van der Waals surface area contributed by atoms with Gasteiger partial charge in [0.1, 0.15) is 11.6 Å². The van der Waals surface area contributed by atoms with E-state index in [0.717, 1.165) is 18.2 Å². The number of hydrogen-bond donors (Lipinski definition) is 3. The lowest BCUT2D eigenvalue weighted by Gasteiger charge is -2.23. The van der Waals surface area contributed by atoms with E-state index in [1.165, 1.54) is 6.92 Å². The van der Waals surface area contributed by atoms with Crippen LogP contribution >= 0.6 is 0 Å². The van der Waals surface area contributed by atoms with Crippen LogP contribution in [0.1, 0.15) is 31.9 Å². The fraction of sp³-hybridized carbons (Fsp3) is 0.500. The van der Waals surface area contributed by atoms with Gasteiger partial charge in [-0.15, -0.1) is 0 Å². The zero-order valence-electron chi connectivity index (χ0n) is 11.6. The van der Waals surface area contributed by atoms with Crippen molar-refractivity contribution in [3.05, 3.63) is 35.4 Å². The molecule has 0 heterocycles. The fourth-order valence-electron chi connectivity index (χ4n) is 1.93. The first-order valence-electron chi connectivity index (χ1n) is 6.56. The summed E-state index contributed by atoms with van der Waals surface area (Å²) < 4.78 is 26.7. The number of halogens is 2. The van der Waals surface area contributed by atoms with Crippen LogP contribution in [-0.2, 0) is 4.79 Å². The van der Waals surface area contributed by atoms with Crippen LogP contribution in [0.3, 0.4) is 0 Å². The Labute approximate surface area is 117 Å². The second kappa shape index (κ2) is 7.91. The summed E-state index contributed by atoms with van der Waals surface area (Å²) >= 11 is 0. The minimum atomic E-state index is -1.15. The van der Waals surface area contributed by atoms with E-state index in [-0.39, 0.29) is 11.5 Å². The van der Waals surface area contributed by atoms with Crippen LogP contribution in [0.4, 0.5) is 8.78 Å². The monoisotopic (exact) mass is 286 g/mol. The van der Waals surface area contributed by atoms with Crippen molar-refractivity contribution < 1.29 is 18.7 Å². The molecule has 0 bridgehead atoms. The molecular weight excluding hydrogens is 266 g/mol. The number of aliphatic hydroxyl groups excluding tert-OH is 1. The highest BCUT2D eigenvalue weighted by molar-refractivity contribution is 5.72. The molecule has 1 aromatic rings. The Balaban J connectivity index is 2.64. The standard InChI is InChI=1S/C14H20F2N2O2/c1-3-13(18-7-6-17-9(2)19)14(20)11-8-10(15)4-5-12(11)16/h4-5,8,13-14,18,20H,3,6-7H2,1-2H3,(H,17,19). The van der Waals surface area contributed by atoms with E-state index >= 15 is 0 Å². The van der Waals surface area contributed by atoms with Crippen molar-refractivity contribution in [1.29, 1.82) is 0 Å². The second-order valence-corrected chi connectivity index (χ2v) is 4.56. The summed E-state index contributed by atoms with van der Waals surface area (Å²) in [6, 6.07) is 2.59.